The third-order valence-electron chi connectivity index (χ3n) is 6.50. The molecule has 2 aliphatic rings. The average molecular weight is 547 g/mol. The predicted molar refractivity (Wildman–Crippen MR) is 144 cm³/mol. The van der Waals surface area contributed by atoms with Gasteiger partial charge in [-0.05, 0) is 51.7 Å². The van der Waals surface area contributed by atoms with E-state index >= 15 is 0 Å². The number of thiocarbonyl (C=S) groups is 1. The van der Waals surface area contributed by atoms with Crippen LogP contribution in [-0.2, 0) is 25.7 Å². The van der Waals surface area contributed by atoms with E-state index in [1.54, 1.807) is 19.9 Å². The smallest absolute Gasteiger partial charge is 0.309 e. The molecule has 1 aromatic rings. The van der Waals surface area contributed by atoms with Crippen molar-refractivity contribution in [2.75, 3.05) is 31.1 Å². The molecule has 10 nitrogen and oxygen atoms in total. The number of hydrogen-bond acceptors (Lipinski definition) is 9. The molecular weight excluding hydrogens is 516 g/mol. The van der Waals surface area contributed by atoms with Crippen LogP contribution in [0.15, 0.2) is 9.70 Å². The van der Waals surface area contributed by atoms with Crippen LogP contribution >= 0.6 is 24.0 Å². The van der Waals surface area contributed by atoms with Gasteiger partial charge in [-0.1, -0.05) is 24.0 Å². The van der Waals surface area contributed by atoms with Crippen LogP contribution in [0.3, 0.4) is 0 Å². The van der Waals surface area contributed by atoms with E-state index in [1.165, 1.54) is 9.47 Å². The Labute approximate surface area is 224 Å². The van der Waals surface area contributed by atoms with Crippen molar-refractivity contribution in [1.29, 1.82) is 5.26 Å². The Balaban J connectivity index is 2.02. The molecule has 0 atom stereocenters. The highest BCUT2D eigenvalue weighted by Crippen LogP contribution is 2.37. The maximum Gasteiger partial charge on any atom is 0.309 e. The van der Waals surface area contributed by atoms with Gasteiger partial charge in [0.25, 0.3) is 11.5 Å². The molecule has 3 heterocycles. The summed E-state index contributed by atoms with van der Waals surface area (Å²) in [6.45, 7) is 7.12. The van der Waals surface area contributed by atoms with E-state index in [-0.39, 0.29) is 42.7 Å². The van der Waals surface area contributed by atoms with Gasteiger partial charge in [-0.2, -0.15) is 5.26 Å². The average Bonchev–Trinajstić information content (AvgIpc) is 3.13. The first-order valence-electron chi connectivity index (χ1n) is 12.2. The Bertz CT molecular complexity index is 1240. The zero-order chi connectivity index (χ0) is 27.3. The molecule has 37 heavy (non-hydrogen) atoms. The van der Waals surface area contributed by atoms with Crippen molar-refractivity contribution in [3.8, 4) is 6.07 Å². The SMILES string of the molecule is CCOC(=O)C1CCN(c2c(/C=C3\SC(=S)N(CCCC(=O)O)C3=O)c(C)c(C#N)c(=O)n2CC)CC1. The van der Waals surface area contributed by atoms with Crippen molar-refractivity contribution >= 4 is 58.0 Å². The lowest BCUT2D eigenvalue weighted by molar-refractivity contribution is -0.148. The summed E-state index contributed by atoms with van der Waals surface area (Å²) in [4.78, 5) is 53.2. The quantitative estimate of drug-likeness (QED) is 0.280. The highest BCUT2D eigenvalue weighted by Gasteiger charge is 2.34. The van der Waals surface area contributed by atoms with Crippen LogP contribution in [0.5, 0.6) is 0 Å². The summed E-state index contributed by atoms with van der Waals surface area (Å²) < 4.78 is 7.04. The lowest BCUT2D eigenvalue weighted by Gasteiger charge is -2.35. The summed E-state index contributed by atoms with van der Waals surface area (Å²) in [5.74, 6) is -1.12. The maximum atomic E-state index is 13.2. The molecule has 1 aromatic heterocycles. The van der Waals surface area contributed by atoms with Gasteiger partial charge in [0, 0.05) is 38.2 Å². The molecule has 198 valence electrons. The van der Waals surface area contributed by atoms with Crippen molar-refractivity contribution in [3.63, 3.8) is 0 Å². The predicted octanol–water partition coefficient (Wildman–Crippen LogP) is 2.89. The number of nitrogens with zero attached hydrogens (tertiary/aromatic N) is 4. The largest absolute Gasteiger partial charge is 0.481 e. The minimum absolute atomic E-state index is 0.00944. The number of esters is 1. The van der Waals surface area contributed by atoms with Crippen molar-refractivity contribution in [2.45, 2.75) is 53.0 Å². The standard InChI is InChI=1S/C25H30N4O6S2/c1-4-28-21(27-11-8-16(9-12-27)24(34)35-5-2)17(15(3)18(14-26)22(28)32)13-19-23(33)29(25(36)37-19)10-6-7-20(30)31/h13,16H,4-12H2,1-3H3,(H,30,31)/b19-13-. The Morgan fingerprint density at radius 2 is 1.95 bits per heavy atom. The lowest BCUT2D eigenvalue weighted by atomic mass is 9.95. The number of aliphatic carboxylic acids is 1. The number of ether oxygens (including phenoxy) is 1. The molecule has 12 heteroatoms. The number of carboxylic acids is 1. The number of rotatable bonds is 9. The second-order valence-electron chi connectivity index (χ2n) is 8.74. The van der Waals surface area contributed by atoms with Crippen LogP contribution in [0.4, 0.5) is 5.82 Å². The molecule has 2 saturated heterocycles. The van der Waals surface area contributed by atoms with Crippen LogP contribution in [0, 0.1) is 24.2 Å². The molecule has 1 N–H and O–H groups in total. The highest BCUT2D eigenvalue weighted by molar-refractivity contribution is 8.26. The minimum atomic E-state index is -0.946. The summed E-state index contributed by atoms with van der Waals surface area (Å²) >= 11 is 6.49. The van der Waals surface area contributed by atoms with Crippen LogP contribution in [0.2, 0.25) is 0 Å². The molecule has 3 rings (SSSR count). The molecule has 2 aliphatic heterocycles. The number of pyridine rings is 1. The van der Waals surface area contributed by atoms with Gasteiger partial charge in [-0.3, -0.25) is 28.6 Å². The number of piperidine rings is 1. The summed E-state index contributed by atoms with van der Waals surface area (Å²) in [6, 6.07) is 2.01. The molecule has 0 bridgehead atoms. The van der Waals surface area contributed by atoms with Crippen LogP contribution in [0.25, 0.3) is 6.08 Å². The first-order valence-corrected chi connectivity index (χ1v) is 13.4. The summed E-state index contributed by atoms with van der Waals surface area (Å²) in [7, 11) is 0. The maximum absolute atomic E-state index is 13.2. The van der Waals surface area contributed by atoms with Gasteiger partial charge in [0.05, 0.1) is 17.4 Å². The second-order valence-corrected chi connectivity index (χ2v) is 10.4. The van der Waals surface area contributed by atoms with Crippen LogP contribution < -0.4 is 10.5 Å². The van der Waals surface area contributed by atoms with Gasteiger partial charge in [0.15, 0.2) is 0 Å². The summed E-state index contributed by atoms with van der Waals surface area (Å²) in [6.07, 6.45) is 2.98. The zero-order valence-corrected chi connectivity index (χ0v) is 22.7. The number of nitriles is 1. The topological polar surface area (TPSA) is 133 Å². The number of thioether (sulfide) groups is 1. The normalized spacial score (nSPS) is 17.4. The van der Waals surface area contributed by atoms with E-state index in [1.807, 2.05) is 17.9 Å². The monoisotopic (exact) mass is 546 g/mol. The third-order valence-corrected chi connectivity index (χ3v) is 7.88. The number of amides is 1. The van der Waals surface area contributed by atoms with E-state index in [4.69, 9.17) is 22.1 Å². The van der Waals surface area contributed by atoms with Crippen molar-refractivity contribution in [2.24, 2.45) is 5.92 Å². The molecule has 2 fully saturated rings. The van der Waals surface area contributed by atoms with Gasteiger partial charge < -0.3 is 14.7 Å². The fourth-order valence-corrected chi connectivity index (χ4v) is 5.87. The number of carbonyl (C=O) groups excluding carboxylic acids is 2. The van der Waals surface area contributed by atoms with E-state index in [2.05, 4.69) is 0 Å². The summed E-state index contributed by atoms with van der Waals surface area (Å²) in [5, 5.41) is 18.6. The number of carbonyl (C=O) groups is 3. The Morgan fingerprint density at radius 1 is 1.27 bits per heavy atom. The lowest BCUT2D eigenvalue weighted by Crippen LogP contribution is -2.41. The van der Waals surface area contributed by atoms with Gasteiger partial charge in [0.2, 0.25) is 0 Å². The Kier molecular flexibility index (Phi) is 9.50. The zero-order valence-electron chi connectivity index (χ0n) is 21.1. The second kappa shape index (κ2) is 12.4. The van der Waals surface area contributed by atoms with Crippen LogP contribution in [0.1, 0.15) is 56.2 Å². The molecule has 0 aromatic carbocycles. The Hall–Kier alpha value is -3.17. The number of aromatic nitrogens is 1. The number of hydrogen-bond donors (Lipinski definition) is 1. The van der Waals surface area contributed by atoms with Gasteiger partial charge in [-0.25, -0.2) is 0 Å². The van der Waals surface area contributed by atoms with Gasteiger partial charge >= 0.3 is 11.9 Å². The molecule has 0 aliphatic carbocycles. The van der Waals surface area contributed by atoms with Crippen molar-refractivity contribution in [3.05, 3.63) is 31.9 Å². The first-order chi connectivity index (χ1) is 17.6. The molecule has 0 radical (unpaired) electrons. The molecule has 0 saturated carbocycles. The summed E-state index contributed by atoms with van der Waals surface area (Å²) in [5.41, 5.74) is 0.660. The minimum Gasteiger partial charge on any atom is -0.481 e. The van der Waals surface area contributed by atoms with E-state index in [0.29, 0.717) is 65.3 Å². The molecule has 1 amide bonds. The van der Waals surface area contributed by atoms with Crippen molar-refractivity contribution < 1.29 is 24.2 Å². The number of carboxylic acid groups (broad SMARTS) is 1. The third kappa shape index (κ3) is 6.05. The van der Waals surface area contributed by atoms with Gasteiger partial charge in [-0.15, -0.1) is 0 Å². The fourth-order valence-electron chi connectivity index (χ4n) is 4.58. The van der Waals surface area contributed by atoms with E-state index < -0.39 is 11.5 Å². The van der Waals surface area contributed by atoms with E-state index in [9.17, 15) is 24.4 Å². The Morgan fingerprint density at radius 3 is 2.51 bits per heavy atom. The first kappa shape index (κ1) is 28.4. The highest BCUT2D eigenvalue weighted by atomic mass is 32.2. The van der Waals surface area contributed by atoms with Gasteiger partial charge in [0.1, 0.15) is 21.8 Å². The molecule has 0 spiro atoms. The molecule has 0 unspecified atom stereocenters. The fraction of sp³-hybridized carbons (Fsp3) is 0.520. The van der Waals surface area contributed by atoms with E-state index in [0.717, 1.165) is 11.8 Å². The van der Waals surface area contributed by atoms with Crippen molar-refractivity contribution in [1.82, 2.24) is 9.47 Å². The number of anilines is 1. The molecular formula is C25H30N4O6S2. The van der Waals surface area contributed by atoms with Crippen LogP contribution in [-0.4, -0.2) is 63.0 Å².